The van der Waals surface area contributed by atoms with E-state index >= 15 is 0 Å². The van der Waals surface area contributed by atoms with E-state index in [1.807, 2.05) is 19.1 Å². The zero-order valence-electron chi connectivity index (χ0n) is 39.5. The number of hydrogen-bond donors (Lipinski definition) is 6. The molecule has 0 rings (SSSR count). The molecule has 0 aliphatic carbocycles. The average Bonchev–Trinajstić information content (AvgIpc) is 3.13. The number of unbranched alkanes of at least 4 members (excludes halogenated alkanes) is 15. The van der Waals surface area contributed by atoms with E-state index in [2.05, 4.69) is 39.7 Å². The van der Waals surface area contributed by atoms with Crippen LogP contribution in [0.5, 0.6) is 0 Å². The first-order valence-corrected chi connectivity index (χ1v) is 30.6. The fourth-order valence-corrected chi connectivity index (χ4v) is 11.2. The fraction of sp³-hybridized carbons (Fsp3) is 0.830. The van der Waals surface area contributed by atoms with Crippen LogP contribution in [-0.2, 0) is 28.8 Å². The molecule has 6 N–H and O–H groups in total. The topological polar surface area (TPSA) is 224 Å². The van der Waals surface area contributed by atoms with E-state index in [1.165, 1.54) is 109 Å². The molecule has 0 saturated heterocycles. The second-order valence-electron chi connectivity index (χ2n) is 19.0. The molecule has 12 nitrogen and oxygen atoms in total. The van der Waals surface area contributed by atoms with Crippen LogP contribution in [0.3, 0.4) is 0 Å². The highest BCUT2D eigenvalue weighted by Gasteiger charge is 2.25. The van der Waals surface area contributed by atoms with Crippen LogP contribution < -0.4 is 0 Å². The van der Waals surface area contributed by atoms with Crippen LogP contribution in [0.2, 0.25) is 50.9 Å². The van der Waals surface area contributed by atoms with Crippen LogP contribution >= 0.6 is 0 Å². The normalized spacial score (nSPS) is 12.5. The second-order valence-corrected chi connectivity index (χ2v) is 30.0. The first kappa shape index (κ1) is 62.3. The monoisotopic (exact) mass is 903 g/mol. The summed E-state index contributed by atoms with van der Waals surface area (Å²) in [6.07, 6.45) is 29.4. The van der Waals surface area contributed by atoms with Crippen molar-refractivity contribution in [1.82, 2.24) is 0 Å². The number of carboxylic acids is 6. The minimum atomic E-state index is -1.29. The number of hydrogen-bond acceptors (Lipinski definition) is 6. The third-order valence-corrected chi connectivity index (χ3v) is 16.3. The van der Waals surface area contributed by atoms with Gasteiger partial charge in [0.1, 0.15) is 0 Å². The SMILES string of the molecule is C/C=C\CCC(CC(=O)O)CC(=O)O.CCCCCCCCCCCCCCCCCC[Si](C)(C)CCCC(CC(=O)O)C(=O)O.C[Si](C)(C)CCCC(CC(=O)O)C(=O)O. The molecule has 0 aromatic heterocycles. The van der Waals surface area contributed by atoms with Crippen LogP contribution in [-0.4, -0.2) is 82.6 Å². The van der Waals surface area contributed by atoms with Gasteiger partial charge in [0, 0.05) is 29.0 Å². The highest BCUT2D eigenvalue weighted by molar-refractivity contribution is 6.77. The maximum Gasteiger partial charge on any atom is 0.307 e. The van der Waals surface area contributed by atoms with Crippen molar-refractivity contribution < 1.29 is 59.4 Å². The Bertz CT molecular complexity index is 1180. The number of carboxylic acid groups (broad SMARTS) is 6. The van der Waals surface area contributed by atoms with Crippen molar-refractivity contribution in [2.75, 3.05) is 0 Å². The van der Waals surface area contributed by atoms with Crippen LogP contribution in [0.4, 0.5) is 0 Å². The summed E-state index contributed by atoms with van der Waals surface area (Å²) >= 11 is 0. The zero-order valence-corrected chi connectivity index (χ0v) is 41.5. The minimum Gasteiger partial charge on any atom is -0.481 e. The summed E-state index contributed by atoms with van der Waals surface area (Å²) in [4.78, 5) is 64.0. The van der Waals surface area contributed by atoms with E-state index in [1.54, 1.807) is 0 Å². The van der Waals surface area contributed by atoms with Crippen LogP contribution in [0.25, 0.3) is 0 Å². The van der Waals surface area contributed by atoms with E-state index in [-0.39, 0.29) is 31.6 Å². The Hall–Kier alpha value is -3.01. The summed E-state index contributed by atoms with van der Waals surface area (Å²) in [5.41, 5.74) is 0. The van der Waals surface area contributed by atoms with Gasteiger partial charge in [-0.05, 0) is 38.5 Å². The first-order chi connectivity index (χ1) is 28.6. The van der Waals surface area contributed by atoms with Crippen molar-refractivity contribution in [2.45, 2.75) is 232 Å². The number of rotatable bonds is 38. The molecular weight excluding hydrogens is 813 g/mol. The first-order valence-electron chi connectivity index (χ1n) is 23.5. The summed E-state index contributed by atoms with van der Waals surface area (Å²) in [7, 11) is -2.43. The average molecular weight is 903 g/mol. The molecule has 61 heavy (non-hydrogen) atoms. The van der Waals surface area contributed by atoms with Crippen molar-refractivity contribution >= 4 is 52.0 Å². The van der Waals surface area contributed by atoms with Crippen LogP contribution in [0.1, 0.15) is 181 Å². The molecule has 0 radical (unpaired) electrons. The van der Waals surface area contributed by atoms with Crippen molar-refractivity contribution in [3.05, 3.63) is 12.2 Å². The highest BCUT2D eigenvalue weighted by Crippen LogP contribution is 2.25. The maximum atomic E-state index is 11.2. The van der Waals surface area contributed by atoms with E-state index in [0.29, 0.717) is 19.3 Å². The Morgan fingerprint density at radius 3 is 1.08 bits per heavy atom. The second kappa shape index (κ2) is 39.8. The third-order valence-electron chi connectivity index (χ3n) is 11.0. The molecule has 0 amide bonds. The Morgan fingerprint density at radius 2 is 0.770 bits per heavy atom. The lowest BCUT2D eigenvalue weighted by Gasteiger charge is -2.23. The largest absolute Gasteiger partial charge is 0.481 e. The molecule has 0 aliphatic heterocycles. The fourth-order valence-electron chi connectivity index (χ4n) is 7.30. The van der Waals surface area contributed by atoms with Gasteiger partial charge in [-0.3, -0.25) is 28.8 Å². The molecule has 0 heterocycles. The molecule has 0 spiro atoms. The number of carbonyl (C=O) groups is 6. The predicted octanol–water partition coefficient (Wildman–Crippen LogP) is 13.1. The van der Waals surface area contributed by atoms with Gasteiger partial charge in [-0.1, -0.05) is 186 Å². The van der Waals surface area contributed by atoms with Crippen LogP contribution in [0.15, 0.2) is 12.2 Å². The minimum absolute atomic E-state index is 0.0656. The van der Waals surface area contributed by atoms with Gasteiger partial charge >= 0.3 is 35.8 Å². The Morgan fingerprint density at radius 1 is 0.443 bits per heavy atom. The van der Waals surface area contributed by atoms with E-state index in [0.717, 1.165) is 31.4 Å². The van der Waals surface area contributed by atoms with Gasteiger partial charge in [0.05, 0.1) is 24.7 Å². The molecule has 0 fully saturated rings. The van der Waals surface area contributed by atoms with E-state index in [4.69, 9.17) is 30.6 Å². The molecule has 358 valence electrons. The lowest BCUT2D eigenvalue weighted by molar-refractivity contribution is -0.148. The molecule has 2 unspecified atom stereocenters. The standard InChI is InChI=1S/C27H54O4Si.C10H20O4Si.C10H16O4/c1-4-5-6-7-8-9-10-11-12-13-14-15-16-17-18-19-22-32(2,3)23-20-21-25(27(30)31)24-26(28)29;1-15(2,3)6-4-5-8(10(13)14)7-9(11)12;1-2-3-4-5-8(6-9(11)12)7-10(13)14/h25H,4-24H2,1-3H3,(H,28,29)(H,30,31);8H,4-7H2,1-3H3,(H,11,12)(H,13,14);2-3,8H,4-7H2,1H3,(H,11,12)(H,13,14)/b;;3-2-. The molecule has 2 atom stereocenters. The number of allylic oxidation sites excluding steroid dienone is 2. The van der Waals surface area contributed by atoms with Gasteiger partial charge in [0.2, 0.25) is 0 Å². The number of aliphatic carboxylic acids is 6. The van der Waals surface area contributed by atoms with Crippen molar-refractivity contribution in [3.63, 3.8) is 0 Å². The molecular formula is C47H90O12Si2. The summed E-state index contributed by atoms with van der Waals surface area (Å²) in [6.45, 7) is 15.6. The van der Waals surface area contributed by atoms with E-state index in [9.17, 15) is 28.8 Å². The maximum absolute atomic E-state index is 11.2. The highest BCUT2D eigenvalue weighted by atomic mass is 28.3. The van der Waals surface area contributed by atoms with Crippen molar-refractivity contribution in [3.8, 4) is 0 Å². The zero-order chi connectivity index (χ0) is 47.1. The molecule has 0 aliphatic rings. The van der Waals surface area contributed by atoms with Gasteiger partial charge < -0.3 is 30.6 Å². The lowest BCUT2D eigenvalue weighted by atomic mass is 9.96. The quantitative estimate of drug-likeness (QED) is 0.0193. The van der Waals surface area contributed by atoms with Crippen molar-refractivity contribution in [2.24, 2.45) is 17.8 Å². The van der Waals surface area contributed by atoms with Crippen molar-refractivity contribution in [1.29, 1.82) is 0 Å². The third kappa shape index (κ3) is 49.5. The van der Waals surface area contributed by atoms with Gasteiger partial charge in [-0.25, -0.2) is 0 Å². The predicted molar refractivity (Wildman–Crippen MR) is 252 cm³/mol. The Kier molecular flexibility index (Phi) is 40.7. The van der Waals surface area contributed by atoms with Gasteiger partial charge in [-0.2, -0.15) is 0 Å². The molecule has 0 aromatic carbocycles. The molecule has 0 bridgehead atoms. The molecule has 0 saturated carbocycles. The van der Waals surface area contributed by atoms with Crippen LogP contribution in [0, 0.1) is 17.8 Å². The Balaban J connectivity index is -0.000000957. The summed E-state index contributed by atoms with van der Waals surface area (Å²) < 4.78 is 0. The Labute approximate surface area is 371 Å². The summed E-state index contributed by atoms with van der Waals surface area (Å²) in [5.74, 6) is -7.59. The summed E-state index contributed by atoms with van der Waals surface area (Å²) in [6, 6.07) is 3.47. The van der Waals surface area contributed by atoms with Gasteiger partial charge in [-0.15, -0.1) is 0 Å². The van der Waals surface area contributed by atoms with E-state index < -0.39 is 63.8 Å². The van der Waals surface area contributed by atoms with Gasteiger partial charge in [0.25, 0.3) is 0 Å². The lowest BCUT2D eigenvalue weighted by Crippen LogP contribution is -2.25. The smallest absolute Gasteiger partial charge is 0.307 e. The summed E-state index contributed by atoms with van der Waals surface area (Å²) in [5, 5.41) is 52.4. The molecule has 14 heteroatoms. The van der Waals surface area contributed by atoms with Gasteiger partial charge in [0.15, 0.2) is 0 Å². The molecule has 0 aromatic rings.